The summed E-state index contributed by atoms with van der Waals surface area (Å²) >= 11 is 1.38. The topological polar surface area (TPSA) is 81.2 Å². The molecule has 0 bridgehead atoms. The van der Waals surface area contributed by atoms with E-state index in [1.165, 1.54) is 11.8 Å². The number of fused-ring (bicyclic) bond motifs is 1. The molecule has 2 N–H and O–H groups in total. The van der Waals surface area contributed by atoms with Crippen molar-refractivity contribution in [2.75, 3.05) is 17.2 Å². The largest absolute Gasteiger partial charge is 0.370 e. The molecule has 0 fully saturated rings. The summed E-state index contributed by atoms with van der Waals surface area (Å²) < 4.78 is 2.06. The number of para-hydroxylation sites is 4. The third-order valence-electron chi connectivity index (χ3n) is 4.82. The van der Waals surface area contributed by atoms with Gasteiger partial charge in [0, 0.05) is 24.3 Å². The van der Waals surface area contributed by atoms with E-state index in [0.29, 0.717) is 0 Å². The third kappa shape index (κ3) is 4.78. The first-order valence-corrected chi connectivity index (χ1v) is 10.9. The zero-order valence-electron chi connectivity index (χ0n) is 16.8. The highest BCUT2D eigenvalue weighted by Crippen LogP contribution is 2.28. The number of carbonyl (C=O) groups excluding carboxylic acids is 2. The Bertz CT molecular complexity index is 1190. The number of nitrogens with two attached hydrogens (primary N) is 1. The van der Waals surface area contributed by atoms with Crippen LogP contribution in [0.1, 0.15) is 6.42 Å². The van der Waals surface area contributed by atoms with Crippen molar-refractivity contribution in [3.63, 3.8) is 0 Å². The van der Waals surface area contributed by atoms with Gasteiger partial charge in [-0.05, 0) is 36.4 Å². The molecule has 0 unspecified atom stereocenters. The highest BCUT2D eigenvalue weighted by Gasteiger charge is 2.19. The molecule has 4 aromatic rings. The van der Waals surface area contributed by atoms with Crippen molar-refractivity contribution in [1.82, 2.24) is 9.55 Å². The maximum absolute atomic E-state index is 13.1. The number of hydrogen-bond donors (Lipinski definition) is 1. The van der Waals surface area contributed by atoms with E-state index < -0.39 is 5.91 Å². The number of hydrogen-bond acceptors (Lipinski definition) is 4. The summed E-state index contributed by atoms with van der Waals surface area (Å²) in [7, 11) is 0. The first-order chi connectivity index (χ1) is 15.1. The molecule has 0 saturated heterocycles. The smallest absolute Gasteiger partial charge is 0.237 e. The Morgan fingerprint density at radius 2 is 1.55 bits per heavy atom. The van der Waals surface area contributed by atoms with Gasteiger partial charge in [-0.2, -0.15) is 0 Å². The minimum Gasteiger partial charge on any atom is -0.370 e. The van der Waals surface area contributed by atoms with Crippen molar-refractivity contribution in [2.24, 2.45) is 5.73 Å². The molecule has 0 spiro atoms. The van der Waals surface area contributed by atoms with Crippen LogP contribution >= 0.6 is 11.8 Å². The lowest BCUT2D eigenvalue weighted by molar-refractivity contribution is -0.118. The average Bonchev–Trinajstić information content (AvgIpc) is 3.17. The number of imidazole rings is 1. The molecule has 31 heavy (non-hydrogen) atoms. The summed E-state index contributed by atoms with van der Waals surface area (Å²) in [5.41, 5.74) is 8.90. The number of rotatable bonds is 8. The van der Waals surface area contributed by atoms with Crippen molar-refractivity contribution in [3.8, 4) is 5.69 Å². The quantitative estimate of drug-likeness (QED) is 0.428. The number of primary amides is 1. The number of benzene rings is 3. The van der Waals surface area contributed by atoms with Gasteiger partial charge in [0.25, 0.3) is 0 Å². The molecule has 2 amide bonds. The summed E-state index contributed by atoms with van der Waals surface area (Å²) in [5.74, 6) is -0.361. The zero-order chi connectivity index (χ0) is 21.6. The molecule has 1 heterocycles. The molecule has 0 radical (unpaired) electrons. The molecule has 156 valence electrons. The standard InChI is InChI=1S/C24H22N4O2S/c25-22(29)15-16-27(18-9-3-1-4-10-18)23(30)17-31-24-26-20-13-7-8-14-21(20)28(24)19-11-5-2-6-12-19/h1-14H,15-17H2,(H2,25,29). The van der Waals surface area contributed by atoms with Gasteiger partial charge >= 0.3 is 0 Å². The normalized spacial score (nSPS) is 10.8. The molecule has 0 aliphatic carbocycles. The summed E-state index contributed by atoms with van der Waals surface area (Å²) in [6.45, 7) is 0.244. The van der Waals surface area contributed by atoms with Gasteiger partial charge in [-0.15, -0.1) is 0 Å². The fraction of sp³-hybridized carbons (Fsp3) is 0.125. The Morgan fingerprint density at radius 3 is 2.26 bits per heavy atom. The number of anilines is 1. The van der Waals surface area contributed by atoms with Crippen LogP contribution in [-0.4, -0.2) is 33.7 Å². The molecule has 0 aliphatic rings. The molecule has 4 rings (SSSR count). The van der Waals surface area contributed by atoms with Crippen molar-refractivity contribution >= 4 is 40.3 Å². The van der Waals surface area contributed by atoms with Gasteiger partial charge in [0.2, 0.25) is 11.8 Å². The summed E-state index contributed by atoms with van der Waals surface area (Å²) in [6, 6.07) is 27.2. The summed E-state index contributed by atoms with van der Waals surface area (Å²) in [4.78, 5) is 30.8. The minimum absolute atomic E-state index is 0.105. The van der Waals surface area contributed by atoms with E-state index in [-0.39, 0.29) is 24.6 Å². The Labute approximate surface area is 184 Å². The average molecular weight is 431 g/mol. The van der Waals surface area contributed by atoms with Crippen LogP contribution in [0.5, 0.6) is 0 Å². The van der Waals surface area contributed by atoms with Gasteiger partial charge in [0.15, 0.2) is 5.16 Å². The molecular formula is C24H22N4O2S. The minimum atomic E-state index is -0.438. The van der Waals surface area contributed by atoms with Gasteiger partial charge in [0.05, 0.1) is 16.8 Å². The Hall–Kier alpha value is -3.58. The van der Waals surface area contributed by atoms with Crippen LogP contribution in [0.25, 0.3) is 16.7 Å². The van der Waals surface area contributed by atoms with E-state index in [9.17, 15) is 9.59 Å². The van der Waals surface area contributed by atoms with E-state index in [0.717, 1.165) is 27.6 Å². The number of carbonyl (C=O) groups is 2. The maximum Gasteiger partial charge on any atom is 0.237 e. The van der Waals surface area contributed by atoms with Gasteiger partial charge in [0.1, 0.15) is 0 Å². The number of thioether (sulfide) groups is 1. The molecule has 0 aliphatic heterocycles. The summed E-state index contributed by atoms with van der Waals surface area (Å²) in [5, 5.41) is 0.740. The monoisotopic (exact) mass is 430 g/mol. The van der Waals surface area contributed by atoms with Gasteiger partial charge in [-0.1, -0.05) is 60.3 Å². The van der Waals surface area contributed by atoms with Gasteiger partial charge in [-0.3, -0.25) is 14.2 Å². The van der Waals surface area contributed by atoms with Crippen molar-refractivity contribution in [1.29, 1.82) is 0 Å². The fourth-order valence-electron chi connectivity index (χ4n) is 3.36. The van der Waals surface area contributed by atoms with Crippen LogP contribution in [0.3, 0.4) is 0 Å². The zero-order valence-corrected chi connectivity index (χ0v) is 17.7. The maximum atomic E-state index is 13.1. The lowest BCUT2D eigenvalue weighted by Crippen LogP contribution is -2.35. The van der Waals surface area contributed by atoms with E-state index in [1.54, 1.807) is 4.90 Å². The molecule has 7 heteroatoms. The second-order valence-corrected chi connectivity index (χ2v) is 7.88. The number of amides is 2. The predicted molar refractivity (Wildman–Crippen MR) is 124 cm³/mol. The van der Waals surface area contributed by atoms with E-state index in [2.05, 4.69) is 4.57 Å². The van der Waals surface area contributed by atoms with Crippen LogP contribution in [0.2, 0.25) is 0 Å². The lowest BCUT2D eigenvalue weighted by atomic mass is 10.2. The van der Waals surface area contributed by atoms with Crippen molar-refractivity contribution in [3.05, 3.63) is 84.9 Å². The molecule has 0 atom stereocenters. The fourth-order valence-corrected chi connectivity index (χ4v) is 4.26. The van der Waals surface area contributed by atoms with E-state index >= 15 is 0 Å². The number of nitrogens with zero attached hydrogens (tertiary/aromatic N) is 3. The SMILES string of the molecule is NC(=O)CCN(C(=O)CSc1nc2ccccc2n1-c1ccccc1)c1ccccc1. The number of aromatic nitrogens is 2. The van der Waals surface area contributed by atoms with Crippen LogP contribution < -0.4 is 10.6 Å². The third-order valence-corrected chi connectivity index (χ3v) is 5.74. The van der Waals surface area contributed by atoms with Gasteiger partial charge in [-0.25, -0.2) is 4.98 Å². The Kier molecular flexibility index (Phi) is 6.33. The van der Waals surface area contributed by atoms with Crippen LogP contribution in [0, 0.1) is 0 Å². The van der Waals surface area contributed by atoms with Crippen molar-refractivity contribution < 1.29 is 9.59 Å². The first-order valence-electron chi connectivity index (χ1n) is 9.93. The van der Waals surface area contributed by atoms with Gasteiger partial charge < -0.3 is 10.6 Å². The van der Waals surface area contributed by atoms with Crippen LogP contribution in [0.4, 0.5) is 5.69 Å². The molecule has 0 saturated carbocycles. The Morgan fingerprint density at radius 1 is 0.903 bits per heavy atom. The molecular weight excluding hydrogens is 408 g/mol. The van der Waals surface area contributed by atoms with Crippen LogP contribution in [0.15, 0.2) is 90.1 Å². The Balaban J connectivity index is 1.60. The predicted octanol–water partition coefficient (Wildman–Crippen LogP) is 4.03. The summed E-state index contributed by atoms with van der Waals surface area (Å²) in [6.07, 6.45) is 0.105. The molecule has 1 aromatic heterocycles. The molecule has 6 nitrogen and oxygen atoms in total. The van der Waals surface area contributed by atoms with Crippen LogP contribution in [-0.2, 0) is 9.59 Å². The highest BCUT2D eigenvalue weighted by atomic mass is 32.2. The lowest BCUT2D eigenvalue weighted by Gasteiger charge is -2.22. The first kappa shape index (κ1) is 20.7. The molecule has 3 aromatic carbocycles. The van der Waals surface area contributed by atoms with Crippen molar-refractivity contribution in [2.45, 2.75) is 11.6 Å². The van der Waals surface area contributed by atoms with E-state index in [4.69, 9.17) is 10.7 Å². The van der Waals surface area contributed by atoms with E-state index in [1.807, 2.05) is 84.9 Å². The second-order valence-electron chi connectivity index (χ2n) is 6.94. The second kappa shape index (κ2) is 9.49. The highest BCUT2D eigenvalue weighted by molar-refractivity contribution is 7.99.